The van der Waals surface area contributed by atoms with Gasteiger partial charge in [0.1, 0.15) is 5.75 Å². The van der Waals surface area contributed by atoms with Crippen molar-refractivity contribution in [2.75, 3.05) is 32.2 Å². The summed E-state index contributed by atoms with van der Waals surface area (Å²) in [5.74, 6) is 0.930. The van der Waals surface area contributed by atoms with Gasteiger partial charge in [-0.3, -0.25) is 0 Å². The van der Waals surface area contributed by atoms with E-state index in [2.05, 4.69) is 11.4 Å². The maximum atomic E-state index is 5.27. The van der Waals surface area contributed by atoms with Gasteiger partial charge in [0.15, 0.2) is 0 Å². The molecule has 0 amide bonds. The average molecular weight is 223 g/mol. The number of hydrogen-bond donors (Lipinski definition) is 1. The molecule has 0 aliphatic carbocycles. The van der Waals surface area contributed by atoms with Crippen LogP contribution in [0.4, 0.5) is 5.69 Å². The van der Waals surface area contributed by atoms with Gasteiger partial charge in [-0.25, -0.2) is 0 Å². The summed E-state index contributed by atoms with van der Waals surface area (Å²) in [7, 11) is 1.69. The van der Waals surface area contributed by atoms with E-state index in [4.69, 9.17) is 9.47 Å². The molecular weight excluding hydrogens is 202 g/mol. The molecule has 0 saturated heterocycles. The second-order valence-electron chi connectivity index (χ2n) is 3.66. The first kappa shape index (κ1) is 12.8. The molecule has 16 heavy (non-hydrogen) atoms. The molecule has 0 aliphatic heterocycles. The monoisotopic (exact) mass is 223 g/mol. The number of nitrogens with one attached hydrogen (secondary N) is 1. The molecule has 90 valence electrons. The summed E-state index contributed by atoms with van der Waals surface area (Å²) >= 11 is 0. The third kappa shape index (κ3) is 4.11. The van der Waals surface area contributed by atoms with Crippen LogP contribution in [0.5, 0.6) is 5.75 Å². The van der Waals surface area contributed by atoms with Crippen molar-refractivity contribution in [1.29, 1.82) is 0 Å². The van der Waals surface area contributed by atoms with Crippen LogP contribution in [-0.4, -0.2) is 26.9 Å². The lowest BCUT2D eigenvalue weighted by molar-refractivity contribution is 0.147. The first-order valence-corrected chi connectivity index (χ1v) is 5.74. The van der Waals surface area contributed by atoms with E-state index >= 15 is 0 Å². The highest BCUT2D eigenvalue weighted by atomic mass is 16.5. The van der Waals surface area contributed by atoms with Gasteiger partial charge in [0.25, 0.3) is 0 Å². The third-order valence-corrected chi connectivity index (χ3v) is 2.39. The summed E-state index contributed by atoms with van der Waals surface area (Å²) in [4.78, 5) is 0. The minimum absolute atomic E-state index is 0.793. The first-order chi connectivity index (χ1) is 7.77. The molecule has 0 radical (unpaired) electrons. The molecular formula is C13H21NO2. The smallest absolute Gasteiger partial charge is 0.121 e. The Bertz CT molecular complexity index is 313. The quantitative estimate of drug-likeness (QED) is 0.721. The molecule has 3 heteroatoms. The van der Waals surface area contributed by atoms with E-state index < -0.39 is 0 Å². The van der Waals surface area contributed by atoms with Gasteiger partial charge in [-0.1, -0.05) is 0 Å². The van der Waals surface area contributed by atoms with E-state index in [1.54, 1.807) is 7.11 Å². The molecule has 0 aliphatic rings. The van der Waals surface area contributed by atoms with Crippen LogP contribution in [0.25, 0.3) is 0 Å². The zero-order valence-corrected chi connectivity index (χ0v) is 10.4. The van der Waals surface area contributed by atoms with Crippen LogP contribution in [0, 0.1) is 6.92 Å². The zero-order valence-electron chi connectivity index (χ0n) is 10.4. The van der Waals surface area contributed by atoms with Gasteiger partial charge in [0.2, 0.25) is 0 Å². The number of ether oxygens (including phenoxy) is 2. The number of hydrogen-bond acceptors (Lipinski definition) is 3. The maximum absolute atomic E-state index is 5.27. The molecule has 1 N–H and O–H groups in total. The molecule has 3 nitrogen and oxygen atoms in total. The molecule has 0 saturated carbocycles. The molecule has 0 heterocycles. The summed E-state index contributed by atoms with van der Waals surface area (Å²) in [6, 6.07) is 6.12. The number of rotatable bonds is 7. The lowest BCUT2D eigenvalue weighted by Crippen LogP contribution is -2.05. The Labute approximate surface area is 97.8 Å². The number of benzene rings is 1. The Morgan fingerprint density at radius 3 is 2.75 bits per heavy atom. The van der Waals surface area contributed by atoms with Gasteiger partial charge in [-0.15, -0.1) is 0 Å². The van der Waals surface area contributed by atoms with Crippen LogP contribution in [0.1, 0.15) is 18.9 Å². The SMILES string of the molecule is CCOCCCNc1ccc(OC)c(C)c1. The summed E-state index contributed by atoms with van der Waals surface area (Å²) in [6.07, 6.45) is 1.03. The van der Waals surface area contributed by atoms with Gasteiger partial charge in [0.05, 0.1) is 7.11 Å². The van der Waals surface area contributed by atoms with Gasteiger partial charge >= 0.3 is 0 Å². The fourth-order valence-electron chi connectivity index (χ4n) is 1.54. The molecule has 0 atom stereocenters. The largest absolute Gasteiger partial charge is 0.496 e. The lowest BCUT2D eigenvalue weighted by Gasteiger charge is -2.09. The van der Waals surface area contributed by atoms with Gasteiger partial charge < -0.3 is 14.8 Å². The topological polar surface area (TPSA) is 30.5 Å². The molecule has 0 bridgehead atoms. The number of methoxy groups -OCH3 is 1. The van der Waals surface area contributed by atoms with Gasteiger partial charge in [-0.2, -0.15) is 0 Å². The summed E-state index contributed by atoms with van der Waals surface area (Å²) in [6.45, 7) is 6.61. The molecule has 0 unspecified atom stereocenters. The molecule has 1 aromatic rings. The highest BCUT2D eigenvalue weighted by Crippen LogP contribution is 2.21. The standard InChI is InChI=1S/C13H21NO2/c1-4-16-9-5-8-14-12-6-7-13(15-3)11(2)10-12/h6-7,10,14H,4-5,8-9H2,1-3H3. The molecule has 1 aromatic carbocycles. The second-order valence-corrected chi connectivity index (χ2v) is 3.66. The van der Waals surface area contributed by atoms with Gasteiger partial charge in [-0.05, 0) is 44.0 Å². The Hall–Kier alpha value is -1.22. The first-order valence-electron chi connectivity index (χ1n) is 5.74. The third-order valence-electron chi connectivity index (χ3n) is 2.39. The van der Waals surface area contributed by atoms with Crippen molar-refractivity contribution in [3.8, 4) is 5.75 Å². The Morgan fingerprint density at radius 1 is 1.31 bits per heavy atom. The average Bonchev–Trinajstić information content (AvgIpc) is 2.29. The zero-order chi connectivity index (χ0) is 11.8. The highest BCUT2D eigenvalue weighted by Gasteiger charge is 1.98. The molecule has 0 fully saturated rings. The van der Waals surface area contributed by atoms with E-state index in [0.717, 1.165) is 43.2 Å². The van der Waals surface area contributed by atoms with E-state index in [9.17, 15) is 0 Å². The van der Waals surface area contributed by atoms with Crippen molar-refractivity contribution in [2.24, 2.45) is 0 Å². The van der Waals surface area contributed by atoms with Crippen molar-refractivity contribution in [1.82, 2.24) is 0 Å². The minimum atomic E-state index is 0.793. The Kier molecular flexibility index (Phi) is 5.72. The van der Waals surface area contributed by atoms with E-state index in [0.29, 0.717) is 0 Å². The molecule has 0 spiro atoms. The van der Waals surface area contributed by atoms with E-state index in [1.165, 1.54) is 0 Å². The number of aryl methyl sites for hydroxylation is 1. The van der Waals surface area contributed by atoms with Crippen molar-refractivity contribution < 1.29 is 9.47 Å². The highest BCUT2D eigenvalue weighted by molar-refractivity contribution is 5.50. The van der Waals surface area contributed by atoms with E-state index in [1.807, 2.05) is 26.0 Å². The van der Waals surface area contributed by atoms with E-state index in [-0.39, 0.29) is 0 Å². The predicted octanol–water partition coefficient (Wildman–Crippen LogP) is 2.84. The van der Waals surface area contributed by atoms with Gasteiger partial charge in [0, 0.05) is 25.4 Å². The predicted molar refractivity (Wildman–Crippen MR) is 67.3 cm³/mol. The lowest BCUT2D eigenvalue weighted by atomic mass is 10.2. The fraction of sp³-hybridized carbons (Fsp3) is 0.538. The fourth-order valence-corrected chi connectivity index (χ4v) is 1.54. The normalized spacial score (nSPS) is 10.2. The summed E-state index contributed by atoms with van der Waals surface area (Å²) < 4.78 is 10.5. The van der Waals surface area contributed by atoms with Crippen molar-refractivity contribution >= 4 is 5.69 Å². The van der Waals surface area contributed by atoms with Crippen LogP contribution in [-0.2, 0) is 4.74 Å². The molecule has 1 rings (SSSR count). The van der Waals surface area contributed by atoms with Crippen LogP contribution in [0.3, 0.4) is 0 Å². The Morgan fingerprint density at radius 2 is 2.12 bits per heavy atom. The van der Waals surface area contributed by atoms with Crippen LogP contribution in [0.15, 0.2) is 18.2 Å². The summed E-state index contributed by atoms with van der Waals surface area (Å²) in [5.41, 5.74) is 2.28. The number of anilines is 1. The van der Waals surface area contributed by atoms with Crippen LogP contribution >= 0.6 is 0 Å². The summed E-state index contributed by atoms with van der Waals surface area (Å²) in [5, 5.41) is 3.36. The van der Waals surface area contributed by atoms with Crippen LogP contribution in [0.2, 0.25) is 0 Å². The minimum Gasteiger partial charge on any atom is -0.496 e. The Balaban J connectivity index is 2.34. The van der Waals surface area contributed by atoms with Crippen molar-refractivity contribution in [2.45, 2.75) is 20.3 Å². The van der Waals surface area contributed by atoms with Crippen LogP contribution < -0.4 is 10.1 Å². The maximum Gasteiger partial charge on any atom is 0.121 e. The second kappa shape index (κ2) is 7.12. The van der Waals surface area contributed by atoms with Crippen molar-refractivity contribution in [3.63, 3.8) is 0 Å². The molecule has 0 aromatic heterocycles. The van der Waals surface area contributed by atoms with Crippen molar-refractivity contribution in [3.05, 3.63) is 23.8 Å².